The number of hydrogen-bond donors (Lipinski definition) is 1. The summed E-state index contributed by atoms with van der Waals surface area (Å²) >= 11 is 1.35. The second-order valence-electron chi connectivity index (χ2n) is 4.69. The van der Waals surface area contributed by atoms with E-state index in [0.29, 0.717) is 10.9 Å². The van der Waals surface area contributed by atoms with Gasteiger partial charge in [0.25, 0.3) is 0 Å². The van der Waals surface area contributed by atoms with Crippen molar-refractivity contribution in [1.82, 2.24) is 10.3 Å². The van der Waals surface area contributed by atoms with Crippen molar-refractivity contribution in [1.29, 1.82) is 0 Å². The lowest BCUT2D eigenvalue weighted by atomic mass is 10.3. The Morgan fingerprint density at radius 1 is 1.21 bits per heavy atom. The van der Waals surface area contributed by atoms with Gasteiger partial charge in [-0.2, -0.15) is 0 Å². The molecule has 19 heavy (non-hydrogen) atoms. The first-order valence-electron chi connectivity index (χ1n) is 6.42. The summed E-state index contributed by atoms with van der Waals surface area (Å²) in [5, 5.41) is 4.26. The van der Waals surface area contributed by atoms with Crippen molar-refractivity contribution in [3.63, 3.8) is 0 Å². The van der Waals surface area contributed by atoms with Crippen LogP contribution in [-0.2, 0) is 6.54 Å². The second kappa shape index (κ2) is 5.72. The molecule has 1 aromatic heterocycles. The highest BCUT2D eigenvalue weighted by molar-refractivity contribution is 7.99. The summed E-state index contributed by atoms with van der Waals surface area (Å²) in [7, 11) is 0. The Hall–Kier alpha value is -1.39. The van der Waals surface area contributed by atoms with Gasteiger partial charge in [0, 0.05) is 23.7 Å². The van der Waals surface area contributed by atoms with Crippen LogP contribution in [0.1, 0.15) is 18.4 Å². The van der Waals surface area contributed by atoms with Gasteiger partial charge in [0.1, 0.15) is 10.8 Å². The maximum absolute atomic E-state index is 13.5. The molecule has 0 amide bonds. The first kappa shape index (κ1) is 12.6. The minimum Gasteiger partial charge on any atom is -0.310 e. The Balaban J connectivity index is 1.63. The third kappa shape index (κ3) is 3.55. The molecule has 2 aromatic rings. The van der Waals surface area contributed by atoms with Gasteiger partial charge >= 0.3 is 0 Å². The molecule has 0 atom stereocenters. The number of nitrogens with one attached hydrogen (secondary N) is 1. The van der Waals surface area contributed by atoms with E-state index in [1.165, 1.54) is 36.2 Å². The maximum Gasteiger partial charge on any atom is 0.137 e. The van der Waals surface area contributed by atoms with Crippen LogP contribution < -0.4 is 5.32 Å². The highest BCUT2D eigenvalue weighted by Gasteiger charge is 2.19. The monoisotopic (exact) mass is 274 g/mol. The van der Waals surface area contributed by atoms with Crippen molar-refractivity contribution < 1.29 is 4.39 Å². The van der Waals surface area contributed by atoms with Crippen LogP contribution in [0.25, 0.3) is 0 Å². The fourth-order valence-electron chi connectivity index (χ4n) is 1.77. The van der Waals surface area contributed by atoms with Gasteiger partial charge in [0.2, 0.25) is 0 Å². The maximum atomic E-state index is 13.5. The van der Waals surface area contributed by atoms with Crippen LogP contribution >= 0.6 is 11.8 Å². The molecule has 0 saturated heterocycles. The van der Waals surface area contributed by atoms with Gasteiger partial charge < -0.3 is 5.32 Å². The zero-order valence-electron chi connectivity index (χ0n) is 10.5. The molecule has 1 saturated carbocycles. The molecule has 0 spiro atoms. The highest BCUT2D eigenvalue weighted by Crippen LogP contribution is 2.28. The average Bonchev–Trinajstić information content (AvgIpc) is 3.25. The van der Waals surface area contributed by atoms with E-state index in [4.69, 9.17) is 0 Å². The van der Waals surface area contributed by atoms with Gasteiger partial charge in [-0.15, -0.1) is 0 Å². The summed E-state index contributed by atoms with van der Waals surface area (Å²) in [4.78, 5) is 4.98. The number of aromatic nitrogens is 1. The van der Waals surface area contributed by atoms with Gasteiger partial charge in [0.15, 0.2) is 0 Å². The van der Waals surface area contributed by atoms with Crippen molar-refractivity contribution in [2.45, 2.75) is 35.3 Å². The molecule has 3 rings (SSSR count). The lowest BCUT2D eigenvalue weighted by molar-refractivity contribution is 0.602. The Morgan fingerprint density at radius 3 is 2.74 bits per heavy atom. The minimum absolute atomic E-state index is 0.200. The van der Waals surface area contributed by atoms with E-state index in [0.717, 1.165) is 11.6 Å². The Morgan fingerprint density at radius 2 is 2.05 bits per heavy atom. The smallest absolute Gasteiger partial charge is 0.137 e. The van der Waals surface area contributed by atoms with E-state index in [-0.39, 0.29) is 5.82 Å². The van der Waals surface area contributed by atoms with Crippen molar-refractivity contribution in [2.24, 2.45) is 0 Å². The van der Waals surface area contributed by atoms with Crippen LogP contribution in [0.5, 0.6) is 0 Å². The van der Waals surface area contributed by atoms with Crippen LogP contribution in [0.3, 0.4) is 0 Å². The predicted molar refractivity (Wildman–Crippen MR) is 74.6 cm³/mol. The van der Waals surface area contributed by atoms with E-state index >= 15 is 0 Å². The molecule has 1 aromatic carbocycles. The number of benzene rings is 1. The van der Waals surface area contributed by atoms with Crippen LogP contribution in [0, 0.1) is 5.82 Å². The largest absolute Gasteiger partial charge is 0.310 e. The third-order valence-corrected chi connectivity index (χ3v) is 4.02. The number of hydrogen-bond acceptors (Lipinski definition) is 3. The van der Waals surface area contributed by atoms with E-state index in [9.17, 15) is 4.39 Å². The summed E-state index contributed by atoms with van der Waals surface area (Å²) in [5.74, 6) is -0.200. The topological polar surface area (TPSA) is 24.9 Å². The molecule has 1 heterocycles. The molecular weight excluding hydrogens is 259 g/mol. The molecule has 1 fully saturated rings. The zero-order valence-corrected chi connectivity index (χ0v) is 11.3. The molecule has 1 N–H and O–H groups in total. The van der Waals surface area contributed by atoms with Crippen molar-refractivity contribution >= 4 is 11.8 Å². The zero-order chi connectivity index (χ0) is 13.1. The molecule has 2 nitrogen and oxygen atoms in total. The van der Waals surface area contributed by atoms with E-state index in [1.54, 1.807) is 12.1 Å². The van der Waals surface area contributed by atoms with Crippen LogP contribution in [0.15, 0.2) is 52.5 Å². The van der Waals surface area contributed by atoms with Crippen molar-refractivity contribution in [3.05, 3.63) is 54.0 Å². The van der Waals surface area contributed by atoms with Gasteiger partial charge in [-0.25, -0.2) is 9.37 Å². The molecule has 0 unspecified atom stereocenters. The highest BCUT2D eigenvalue weighted by atomic mass is 32.2. The fraction of sp³-hybridized carbons (Fsp3) is 0.267. The number of halogens is 1. The second-order valence-corrected chi connectivity index (χ2v) is 5.75. The molecule has 1 aliphatic carbocycles. The first-order valence-corrected chi connectivity index (χ1v) is 7.23. The molecule has 1 aliphatic rings. The molecule has 4 heteroatoms. The Bertz CT molecular complexity index is 552. The van der Waals surface area contributed by atoms with Crippen LogP contribution in [-0.4, -0.2) is 11.0 Å². The van der Waals surface area contributed by atoms with Gasteiger partial charge in [-0.1, -0.05) is 30.0 Å². The van der Waals surface area contributed by atoms with Gasteiger partial charge in [-0.3, -0.25) is 0 Å². The SMILES string of the molecule is Fc1ccccc1Sc1ccc(CNC2CC2)cn1. The molecular formula is C15H15FN2S. The van der Waals surface area contributed by atoms with E-state index in [2.05, 4.69) is 10.3 Å². The lowest BCUT2D eigenvalue weighted by Gasteiger charge is -2.05. The number of nitrogens with zero attached hydrogens (tertiary/aromatic N) is 1. The molecule has 98 valence electrons. The summed E-state index contributed by atoms with van der Waals surface area (Å²) < 4.78 is 13.5. The minimum atomic E-state index is -0.200. The van der Waals surface area contributed by atoms with E-state index < -0.39 is 0 Å². The average molecular weight is 274 g/mol. The third-order valence-electron chi connectivity index (χ3n) is 3.02. The lowest BCUT2D eigenvalue weighted by Crippen LogP contribution is -2.15. The van der Waals surface area contributed by atoms with Crippen molar-refractivity contribution in [3.8, 4) is 0 Å². The van der Waals surface area contributed by atoms with Crippen molar-refractivity contribution in [2.75, 3.05) is 0 Å². The normalized spacial score (nSPS) is 14.6. The fourth-order valence-corrected chi connectivity index (χ4v) is 2.54. The summed E-state index contributed by atoms with van der Waals surface area (Å²) in [6, 6.07) is 11.5. The quantitative estimate of drug-likeness (QED) is 0.901. The number of pyridine rings is 1. The molecule has 0 aliphatic heterocycles. The van der Waals surface area contributed by atoms with E-state index in [1.807, 2.05) is 24.4 Å². The molecule has 0 bridgehead atoms. The Kier molecular flexibility index (Phi) is 3.80. The summed E-state index contributed by atoms with van der Waals surface area (Å²) in [5.41, 5.74) is 1.17. The first-order chi connectivity index (χ1) is 9.31. The van der Waals surface area contributed by atoms with Gasteiger partial charge in [0.05, 0.1) is 0 Å². The Labute approximate surface area is 116 Å². The predicted octanol–water partition coefficient (Wildman–Crippen LogP) is 3.62. The summed E-state index contributed by atoms with van der Waals surface area (Å²) in [6.45, 7) is 0.863. The number of rotatable bonds is 5. The standard InChI is InChI=1S/C15H15FN2S/c16-13-3-1-2-4-14(13)19-15-8-5-11(10-18-15)9-17-12-6-7-12/h1-5,8,10,12,17H,6-7,9H2. The summed E-state index contributed by atoms with van der Waals surface area (Å²) in [6.07, 6.45) is 4.43. The van der Waals surface area contributed by atoms with Crippen LogP contribution in [0.2, 0.25) is 0 Å². The van der Waals surface area contributed by atoms with Gasteiger partial charge in [-0.05, 0) is 36.6 Å². The molecule has 0 radical (unpaired) electrons. The van der Waals surface area contributed by atoms with Crippen LogP contribution in [0.4, 0.5) is 4.39 Å².